The highest BCUT2D eigenvalue weighted by atomic mass is 19.1. The monoisotopic (exact) mass is 408 g/mol. The maximum absolute atomic E-state index is 13.2. The number of piperidine rings is 1. The smallest absolute Gasteiger partial charge is 0.227 e. The van der Waals surface area contributed by atoms with E-state index in [2.05, 4.69) is 4.98 Å². The molecule has 1 atom stereocenters. The van der Waals surface area contributed by atoms with Gasteiger partial charge in [0.25, 0.3) is 0 Å². The van der Waals surface area contributed by atoms with Gasteiger partial charge in [0.15, 0.2) is 0 Å². The highest BCUT2D eigenvalue weighted by Crippen LogP contribution is 2.36. The predicted octanol–water partition coefficient (Wildman–Crippen LogP) is 3.37. The van der Waals surface area contributed by atoms with Crippen molar-refractivity contribution in [2.45, 2.75) is 38.3 Å². The van der Waals surface area contributed by atoms with Crippen molar-refractivity contribution in [2.24, 2.45) is 0 Å². The Morgan fingerprint density at radius 3 is 2.63 bits per heavy atom. The van der Waals surface area contributed by atoms with Crippen molar-refractivity contribution in [1.29, 1.82) is 0 Å². The standard InChI is InChI=1S/C23H25FN4O2/c24-19-6-4-17(5-7-19)15-22(30)28-12-2-1-3-21(28)23-20(16-27(26-23)13-14-29)18-8-10-25-11-9-18/h4-11,16,21,29H,1-3,12-15H2/t21-/m0/s1. The number of hydrogen-bond donors (Lipinski definition) is 1. The molecule has 6 nitrogen and oxygen atoms in total. The van der Waals surface area contributed by atoms with Gasteiger partial charge < -0.3 is 10.0 Å². The molecule has 0 spiro atoms. The minimum Gasteiger partial charge on any atom is -0.394 e. The van der Waals surface area contributed by atoms with Crippen LogP contribution in [0, 0.1) is 5.82 Å². The van der Waals surface area contributed by atoms with Crippen molar-refractivity contribution in [2.75, 3.05) is 13.2 Å². The Morgan fingerprint density at radius 1 is 1.13 bits per heavy atom. The Kier molecular flexibility index (Phi) is 6.18. The number of aliphatic hydroxyl groups excluding tert-OH is 1. The Balaban J connectivity index is 1.65. The molecule has 0 aliphatic carbocycles. The fraction of sp³-hybridized carbons (Fsp3) is 0.348. The maximum atomic E-state index is 13.2. The van der Waals surface area contributed by atoms with Gasteiger partial charge >= 0.3 is 0 Å². The van der Waals surface area contributed by atoms with Crippen LogP contribution < -0.4 is 0 Å². The number of pyridine rings is 1. The second-order valence-corrected chi connectivity index (χ2v) is 7.55. The van der Waals surface area contributed by atoms with Gasteiger partial charge in [-0.1, -0.05) is 12.1 Å². The first-order valence-electron chi connectivity index (χ1n) is 10.3. The lowest BCUT2D eigenvalue weighted by atomic mass is 9.94. The third-order valence-corrected chi connectivity index (χ3v) is 5.52. The van der Waals surface area contributed by atoms with E-state index in [1.165, 1.54) is 12.1 Å². The van der Waals surface area contributed by atoms with Crippen molar-refractivity contribution >= 4 is 5.91 Å². The van der Waals surface area contributed by atoms with Gasteiger partial charge in [-0.3, -0.25) is 14.5 Å². The van der Waals surface area contributed by atoms with Gasteiger partial charge in [-0.15, -0.1) is 0 Å². The van der Waals surface area contributed by atoms with Crippen molar-refractivity contribution in [3.05, 3.63) is 72.1 Å². The molecular formula is C23H25FN4O2. The Hall–Kier alpha value is -3.06. The molecule has 0 saturated carbocycles. The molecule has 7 heteroatoms. The summed E-state index contributed by atoms with van der Waals surface area (Å²) in [4.78, 5) is 19.2. The quantitative estimate of drug-likeness (QED) is 0.679. The van der Waals surface area contributed by atoms with Crippen LogP contribution in [0.4, 0.5) is 4.39 Å². The summed E-state index contributed by atoms with van der Waals surface area (Å²) in [6.45, 7) is 1.07. The number of likely N-dealkylation sites (tertiary alicyclic amines) is 1. The van der Waals surface area contributed by atoms with Crippen LogP contribution in [-0.2, 0) is 17.8 Å². The summed E-state index contributed by atoms with van der Waals surface area (Å²) in [5.41, 5.74) is 3.59. The maximum Gasteiger partial charge on any atom is 0.227 e. The number of aliphatic hydroxyl groups is 1. The predicted molar refractivity (Wildman–Crippen MR) is 111 cm³/mol. The van der Waals surface area contributed by atoms with Crippen LogP contribution in [0.15, 0.2) is 55.0 Å². The molecule has 0 unspecified atom stereocenters. The van der Waals surface area contributed by atoms with E-state index in [1.807, 2.05) is 23.2 Å². The molecule has 3 heterocycles. The van der Waals surface area contributed by atoms with Crippen LogP contribution in [0.25, 0.3) is 11.1 Å². The van der Waals surface area contributed by atoms with E-state index in [0.717, 1.165) is 41.6 Å². The lowest BCUT2D eigenvalue weighted by Crippen LogP contribution is -2.39. The molecular weight excluding hydrogens is 383 g/mol. The highest BCUT2D eigenvalue weighted by molar-refractivity contribution is 5.80. The van der Waals surface area contributed by atoms with Gasteiger partial charge in [-0.2, -0.15) is 5.10 Å². The summed E-state index contributed by atoms with van der Waals surface area (Å²) in [5, 5.41) is 14.1. The molecule has 30 heavy (non-hydrogen) atoms. The second-order valence-electron chi connectivity index (χ2n) is 7.55. The average Bonchev–Trinajstić information content (AvgIpc) is 3.20. The second kappa shape index (κ2) is 9.17. The van der Waals surface area contributed by atoms with Crippen LogP contribution in [0.3, 0.4) is 0 Å². The lowest BCUT2D eigenvalue weighted by Gasteiger charge is -2.35. The Bertz CT molecular complexity index is 988. The van der Waals surface area contributed by atoms with Gasteiger partial charge in [-0.25, -0.2) is 4.39 Å². The van der Waals surface area contributed by atoms with Crippen molar-refractivity contribution < 1.29 is 14.3 Å². The largest absolute Gasteiger partial charge is 0.394 e. The fourth-order valence-corrected chi connectivity index (χ4v) is 4.05. The summed E-state index contributed by atoms with van der Waals surface area (Å²) < 4.78 is 14.9. The van der Waals surface area contributed by atoms with Gasteiger partial charge in [0.05, 0.1) is 31.3 Å². The van der Waals surface area contributed by atoms with Gasteiger partial charge in [0.1, 0.15) is 5.82 Å². The number of hydrogen-bond acceptors (Lipinski definition) is 4. The van der Waals surface area contributed by atoms with Crippen molar-refractivity contribution in [3.8, 4) is 11.1 Å². The third-order valence-electron chi connectivity index (χ3n) is 5.52. The first kappa shape index (κ1) is 20.2. The minimum atomic E-state index is -0.307. The summed E-state index contributed by atoms with van der Waals surface area (Å²) >= 11 is 0. The SMILES string of the molecule is O=C(Cc1ccc(F)cc1)N1CCCC[C@H]1c1nn(CCO)cc1-c1ccncc1. The molecule has 1 aromatic carbocycles. The van der Waals surface area contributed by atoms with Crippen molar-refractivity contribution in [1.82, 2.24) is 19.7 Å². The zero-order chi connectivity index (χ0) is 20.9. The molecule has 0 radical (unpaired) electrons. The van der Waals surface area contributed by atoms with Crippen LogP contribution in [0.2, 0.25) is 0 Å². The van der Waals surface area contributed by atoms with Gasteiger partial charge in [-0.05, 0) is 54.7 Å². The number of carbonyl (C=O) groups excluding carboxylic acids is 1. The fourth-order valence-electron chi connectivity index (χ4n) is 4.05. The molecule has 1 fully saturated rings. The number of rotatable bonds is 6. The van der Waals surface area contributed by atoms with E-state index in [1.54, 1.807) is 29.2 Å². The molecule has 2 aromatic heterocycles. The van der Waals surface area contributed by atoms with E-state index in [4.69, 9.17) is 5.10 Å². The molecule has 1 aliphatic rings. The minimum absolute atomic E-state index is 0.00518. The molecule has 4 rings (SSSR count). The van der Waals surface area contributed by atoms with Crippen LogP contribution in [0.1, 0.15) is 36.6 Å². The summed E-state index contributed by atoms with van der Waals surface area (Å²) in [6, 6.07) is 9.81. The Labute approximate surface area is 175 Å². The number of aromatic nitrogens is 3. The lowest BCUT2D eigenvalue weighted by molar-refractivity contribution is -0.134. The normalized spacial score (nSPS) is 16.6. The molecule has 1 amide bonds. The van der Waals surface area contributed by atoms with Crippen LogP contribution in [0.5, 0.6) is 0 Å². The highest BCUT2D eigenvalue weighted by Gasteiger charge is 2.32. The third kappa shape index (κ3) is 4.41. The molecule has 1 saturated heterocycles. The van der Waals surface area contributed by atoms with Crippen LogP contribution in [-0.4, -0.2) is 43.8 Å². The van der Waals surface area contributed by atoms with Gasteiger partial charge in [0.2, 0.25) is 5.91 Å². The number of amides is 1. The zero-order valence-corrected chi connectivity index (χ0v) is 16.7. The van der Waals surface area contributed by atoms with Gasteiger partial charge in [0, 0.05) is 30.7 Å². The Morgan fingerprint density at radius 2 is 1.90 bits per heavy atom. The molecule has 1 N–H and O–H groups in total. The summed E-state index contributed by atoms with van der Waals surface area (Å²) in [5.74, 6) is -0.290. The van der Waals surface area contributed by atoms with E-state index >= 15 is 0 Å². The number of carbonyl (C=O) groups is 1. The van der Waals surface area contributed by atoms with E-state index < -0.39 is 0 Å². The summed E-state index contributed by atoms with van der Waals surface area (Å²) in [6.07, 6.45) is 8.45. The number of benzene rings is 1. The van der Waals surface area contributed by atoms with Crippen LogP contribution >= 0.6 is 0 Å². The summed E-state index contributed by atoms with van der Waals surface area (Å²) in [7, 11) is 0. The molecule has 3 aromatic rings. The van der Waals surface area contributed by atoms with E-state index in [0.29, 0.717) is 13.1 Å². The van der Waals surface area contributed by atoms with Crippen molar-refractivity contribution in [3.63, 3.8) is 0 Å². The zero-order valence-electron chi connectivity index (χ0n) is 16.7. The van der Waals surface area contributed by atoms with E-state index in [-0.39, 0.29) is 30.8 Å². The first-order valence-corrected chi connectivity index (χ1v) is 10.3. The molecule has 156 valence electrons. The number of nitrogens with zero attached hydrogens (tertiary/aromatic N) is 4. The average molecular weight is 408 g/mol. The topological polar surface area (TPSA) is 71.2 Å². The number of halogens is 1. The molecule has 1 aliphatic heterocycles. The molecule has 0 bridgehead atoms. The van der Waals surface area contributed by atoms with E-state index in [9.17, 15) is 14.3 Å². The first-order chi connectivity index (χ1) is 14.7.